The molecular weight excluding hydrogens is 460 g/mol. The Morgan fingerprint density at radius 2 is 1.78 bits per heavy atom. The number of aromatic nitrogens is 1. The van der Waals surface area contributed by atoms with Gasteiger partial charge in [0.15, 0.2) is 11.6 Å². The fourth-order valence-electron chi connectivity index (χ4n) is 5.93. The van der Waals surface area contributed by atoms with Crippen molar-refractivity contribution in [2.45, 2.75) is 44.4 Å². The molecule has 1 unspecified atom stereocenters. The van der Waals surface area contributed by atoms with E-state index in [-0.39, 0.29) is 17.4 Å². The minimum absolute atomic E-state index is 0.0462. The third kappa shape index (κ3) is 4.42. The van der Waals surface area contributed by atoms with Crippen molar-refractivity contribution in [2.24, 2.45) is 5.92 Å². The zero-order chi connectivity index (χ0) is 24.7. The average molecular weight is 490 g/mol. The number of benzene rings is 2. The van der Waals surface area contributed by atoms with Crippen LogP contribution >= 0.6 is 0 Å². The van der Waals surface area contributed by atoms with Crippen LogP contribution in [0, 0.1) is 17.6 Å². The van der Waals surface area contributed by atoms with Crippen molar-refractivity contribution in [3.63, 3.8) is 0 Å². The van der Waals surface area contributed by atoms with Gasteiger partial charge in [0, 0.05) is 62.3 Å². The zero-order valence-electron chi connectivity index (χ0n) is 20.1. The summed E-state index contributed by atoms with van der Waals surface area (Å²) in [6.07, 6.45) is 6.97. The van der Waals surface area contributed by atoms with Gasteiger partial charge >= 0.3 is 0 Å². The molecule has 4 heterocycles. The van der Waals surface area contributed by atoms with Crippen molar-refractivity contribution in [3.8, 4) is 0 Å². The molecule has 0 N–H and O–H groups in total. The summed E-state index contributed by atoms with van der Waals surface area (Å²) < 4.78 is 33.1. The molecule has 2 saturated heterocycles. The first kappa shape index (κ1) is 23.3. The van der Waals surface area contributed by atoms with Crippen molar-refractivity contribution in [1.29, 1.82) is 0 Å². The van der Waals surface area contributed by atoms with Gasteiger partial charge in [-0.1, -0.05) is 24.3 Å². The Kier molecular flexibility index (Phi) is 6.05. The lowest BCUT2D eigenvalue weighted by atomic mass is 9.84. The van der Waals surface area contributed by atoms with E-state index in [0.717, 1.165) is 51.0 Å². The fraction of sp³-hybridized carbons (Fsp3) is 0.379. The molecule has 6 rings (SSSR count). The summed E-state index contributed by atoms with van der Waals surface area (Å²) in [6.45, 7) is 4.08. The highest BCUT2D eigenvalue weighted by Gasteiger charge is 2.42. The van der Waals surface area contributed by atoms with Crippen LogP contribution in [-0.2, 0) is 34.7 Å². The predicted molar refractivity (Wildman–Crippen MR) is 132 cm³/mol. The van der Waals surface area contributed by atoms with Crippen LogP contribution in [0.4, 0.5) is 14.5 Å². The second-order valence-electron chi connectivity index (χ2n) is 10.3. The Labute approximate surface area is 209 Å². The molecule has 3 aliphatic rings. The average Bonchev–Trinajstić information content (AvgIpc) is 3.44. The number of carbonyl (C=O) groups is 1. The van der Waals surface area contributed by atoms with E-state index in [0.29, 0.717) is 25.3 Å². The van der Waals surface area contributed by atoms with E-state index in [1.807, 2.05) is 12.4 Å². The van der Waals surface area contributed by atoms with Crippen LogP contribution in [0.2, 0.25) is 0 Å². The fourth-order valence-corrected chi connectivity index (χ4v) is 5.93. The summed E-state index contributed by atoms with van der Waals surface area (Å²) in [5.74, 6) is -1.73. The molecule has 186 valence electrons. The van der Waals surface area contributed by atoms with Crippen LogP contribution in [0.3, 0.4) is 0 Å². The normalized spacial score (nSPS) is 21.3. The summed E-state index contributed by atoms with van der Waals surface area (Å²) in [4.78, 5) is 20.9. The Balaban J connectivity index is 1.03. The van der Waals surface area contributed by atoms with Crippen LogP contribution in [-0.4, -0.2) is 35.4 Å². The van der Waals surface area contributed by atoms with E-state index in [9.17, 15) is 13.6 Å². The lowest BCUT2D eigenvalue weighted by Gasteiger charge is -2.39. The number of ether oxygens (including phenoxy) is 1. The second kappa shape index (κ2) is 9.37. The molecule has 36 heavy (non-hydrogen) atoms. The third-order valence-electron chi connectivity index (χ3n) is 7.94. The minimum atomic E-state index is -0.930. The Morgan fingerprint density at radius 3 is 2.56 bits per heavy atom. The highest BCUT2D eigenvalue weighted by Crippen LogP contribution is 2.43. The van der Waals surface area contributed by atoms with E-state index >= 15 is 0 Å². The summed E-state index contributed by atoms with van der Waals surface area (Å²) in [6, 6.07) is 14.3. The van der Waals surface area contributed by atoms with E-state index in [4.69, 9.17) is 4.74 Å². The van der Waals surface area contributed by atoms with E-state index in [2.05, 4.69) is 40.2 Å². The van der Waals surface area contributed by atoms with E-state index in [1.54, 1.807) is 4.90 Å². The van der Waals surface area contributed by atoms with E-state index in [1.165, 1.54) is 28.3 Å². The Morgan fingerprint density at radius 1 is 1.00 bits per heavy atom. The molecule has 0 aliphatic carbocycles. The summed E-state index contributed by atoms with van der Waals surface area (Å²) in [5.41, 5.74) is 5.24. The zero-order valence-corrected chi connectivity index (χ0v) is 20.1. The standard InChI is InChI=1S/C29H29F2N3O2/c30-26-6-5-24(15-27(26)31)34-18-22(14-28(34)35)13-20-1-3-21(4-2-20)17-33-11-8-29(9-12-33)25-16-32-10-7-23(25)19-36-29/h1-7,10,15-16,22H,8-9,11-14,17-19H2. The number of carbonyl (C=O) groups excluding carboxylic acids is 1. The molecule has 2 aromatic carbocycles. The van der Waals surface area contributed by atoms with Crippen molar-refractivity contribution in [1.82, 2.24) is 9.88 Å². The highest BCUT2D eigenvalue weighted by molar-refractivity contribution is 5.95. The summed E-state index contributed by atoms with van der Waals surface area (Å²) >= 11 is 0. The van der Waals surface area contributed by atoms with Crippen molar-refractivity contribution < 1.29 is 18.3 Å². The van der Waals surface area contributed by atoms with Crippen LogP contribution in [0.15, 0.2) is 60.9 Å². The number of halogens is 2. The molecule has 0 bridgehead atoms. The number of piperidine rings is 1. The molecule has 5 nitrogen and oxygen atoms in total. The second-order valence-corrected chi connectivity index (χ2v) is 10.3. The van der Waals surface area contributed by atoms with Crippen molar-refractivity contribution in [3.05, 3.63) is 94.8 Å². The molecule has 1 aromatic heterocycles. The minimum Gasteiger partial charge on any atom is -0.365 e. The number of fused-ring (bicyclic) bond motifs is 2. The molecule has 0 radical (unpaired) electrons. The number of hydrogen-bond donors (Lipinski definition) is 0. The Bertz CT molecular complexity index is 1270. The van der Waals surface area contributed by atoms with Crippen LogP contribution in [0.1, 0.15) is 41.5 Å². The summed E-state index contributed by atoms with van der Waals surface area (Å²) in [5, 5.41) is 0. The quantitative estimate of drug-likeness (QED) is 0.507. The van der Waals surface area contributed by atoms with Gasteiger partial charge in [-0.15, -0.1) is 0 Å². The van der Waals surface area contributed by atoms with Gasteiger partial charge in [0.05, 0.1) is 12.2 Å². The van der Waals surface area contributed by atoms with Crippen LogP contribution < -0.4 is 4.90 Å². The lowest BCUT2D eigenvalue weighted by molar-refractivity contribution is -0.117. The van der Waals surface area contributed by atoms with Gasteiger partial charge in [-0.2, -0.15) is 0 Å². The largest absolute Gasteiger partial charge is 0.365 e. The number of rotatable bonds is 5. The third-order valence-corrected chi connectivity index (χ3v) is 7.94. The molecular formula is C29H29F2N3O2. The van der Waals surface area contributed by atoms with E-state index < -0.39 is 11.6 Å². The number of anilines is 1. The molecule has 1 amide bonds. The molecule has 0 saturated carbocycles. The van der Waals surface area contributed by atoms with Crippen LogP contribution in [0.25, 0.3) is 0 Å². The number of pyridine rings is 1. The van der Waals surface area contributed by atoms with Gasteiger partial charge in [0.2, 0.25) is 5.91 Å². The molecule has 2 fully saturated rings. The topological polar surface area (TPSA) is 45.7 Å². The van der Waals surface area contributed by atoms with Gasteiger partial charge in [0.25, 0.3) is 0 Å². The molecule has 3 aromatic rings. The molecule has 1 spiro atoms. The molecule has 1 atom stereocenters. The first-order valence-electron chi connectivity index (χ1n) is 12.6. The van der Waals surface area contributed by atoms with Gasteiger partial charge in [0.1, 0.15) is 0 Å². The molecule has 3 aliphatic heterocycles. The number of nitrogens with zero attached hydrogens (tertiary/aromatic N) is 3. The highest BCUT2D eigenvalue weighted by atomic mass is 19.2. The smallest absolute Gasteiger partial charge is 0.227 e. The first-order valence-corrected chi connectivity index (χ1v) is 12.6. The van der Waals surface area contributed by atoms with Gasteiger partial charge in [-0.25, -0.2) is 8.78 Å². The Hall–Kier alpha value is -3.16. The first-order chi connectivity index (χ1) is 17.5. The van der Waals surface area contributed by atoms with Crippen molar-refractivity contribution >= 4 is 11.6 Å². The number of hydrogen-bond acceptors (Lipinski definition) is 4. The monoisotopic (exact) mass is 489 g/mol. The van der Waals surface area contributed by atoms with Gasteiger partial charge in [-0.3, -0.25) is 14.7 Å². The SMILES string of the molecule is O=C1CC(Cc2ccc(CN3CCC4(CC3)OCc3ccncc34)cc2)CN1c1ccc(F)c(F)c1. The maximum atomic E-state index is 13.6. The van der Waals surface area contributed by atoms with Gasteiger partial charge in [-0.05, 0) is 60.1 Å². The van der Waals surface area contributed by atoms with Crippen LogP contribution in [0.5, 0.6) is 0 Å². The lowest BCUT2D eigenvalue weighted by Crippen LogP contribution is -2.42. The predicted octanol–water partition coefficient (Wildman–Crippen LogP) is 4.98. The molecule has 7 heteroatoms. The van der Waals surface area contributed by atoms with Gasteiger partial charge < -0.3 is 9.64 Å². The summed E-state index contributed by atoms with van der Waals surface area (Å²) in [7, 11) is 0. The number of likely N-dealkylation sites (tertiary alicyclic amines) is 1. The number of amides is 1. The maximum absolute atomic E-state index is 13.6. The maximum Gasteiger partial charge on any atom is 0.227 e. The van der Waals surface area contributed by atoms with Crippen molar-refractivity contribution in [2.75, 3.05) is 24.5 Å².